The fraction of sp³-hybridized carbons (Fsp3) is 0.176. The molecule has 3 rings (SSSR count). The maximum Gasteiger partial charge on any atom is 0.254 e. The van der Waals surface area contributed by atoms with Crippen molar-refractivity contribution in [3.8, 4) is 0 Å². The topological polar surface area (TPSA) is 49.4 Å². The van der Waals surface area contributed by atoms with Crippen molar-refractivity contribution in [3.63, 3.8) is 0 Å². The number of carbonyl (C=O) groups excluding carboxylic acids is 2. The predicted molar refractivity (Wildman–Crippen MR) is 90.7 cm³/mol. The Morgan fingerprint density at radius 1 is 1.22 bits per heavy atom. The van der Waals surface area contributed by atoms with Gasteiger partial charge in [0, 0.05) is 28.2 Å². The third kappa shape index (κ3) is 3.05. The standard InChI is InChI=1S/C17H14Cl2N2O2/c1-10(22)20-16-13-8-12(18)6-7-15(13)21(17(16)23)9-11-4-2-3-5-14(11)19/h2-8,16H,9H2,1H3,(H,20,22)/t16-/m1/s1. The molecule has 0 unspecified atom stereocenters. The molecular weight excluding hydrogens is 335 g/mol. The zero-order valence-electron chi connectivity index (χ0n) is 12.3. The van der Waals surface area contributed by atoms with Gasteiger partial charge in [0.15, 0.2) is 0 Å². The van der Waals surface area contributed by atoms with E-state index in [1.165, 1.54) is 6.92 Å². The monoisotopic (exact) mass is 348 g/mol. The second kappa shape index (κ2) is 6.22. The molecule has 23 heavy (non-hydrogen) atoms. The molecule has 1 atom stereocenters. The van der Waals surface area contributed by atoms with Crippen LogP contribution in [0.25, 0.3) is 0 Å². The molecular formula is C17H14Cl2N2O2. The second-order valence-electron chi connectivity index (χ2n) is 5.35. The summed E-state index contributed by atoms with van der Waals surface area (Å²) in [5.74, 6) is -0.466. The maximum atomic E-state index is 12.7. The van der Waals surface area contributed by atoms with Gasteiger partial charge in [0.25, 0.3) is 5.91 Å². The first-order valence-electron chi connectivity index (χ1n) is 7.08. The van der Waals surface area contributed by atoms with E-state index in [0.29, 0.717) is 22.2 Å². The smallest absolute Gasteiger partial charge is 0.254 e. The second-order valence-corrected chi connectivity index (χ2v) is 6.20. The van der Waals surface area contributed by atoms with Gasteiger partial charge in [-0.15, -0.1) is 0 Å². The van der Waals surface area contributed by atoms with Gasteiger partial charge in [-0.1, -0.05) is 41.4 Å². The fourth-order valence-corrected chi connectivity index (χ4v) is 3.09. The van der Waals surface area contributed by atoms with E-state index in [1.807, 2.05) is 18.2 Å². The lowest BCUT2D eigenvalue weighted by Crippen LogP contribution is -2.36. The Hall–Kier alpha value is -2.04. The van der Waals surface area contributed by atoms with Gasteiger partial charge in [0.1, 0.15) is 6.04 Å². The van der Waals surface area contributed by atoms with E-state index >= 15 is 0 Å². The lowest BCUT2D eigenvalue weighted by Gasteiger charge is -2.19. The van der Waals surface area contributed by atoms with Crippen molar-refractivity contribution in [2.24, 2.45) is 0 Å². The number of hydrogen-bond acceptors (Lipinski definition) is 2. The van der Waals surface area contributed by atoms with Crippen molar-refractivity contribution < 1.29 is 9.59 Å². The summed E-state index contributed by atoms with van der Waals surface area (Å²) in [6.45, 7) is 1.72. The number of hydrogen-bond donors (Lipinski definition) is 1. The molecule has 2 aromatic carbocycles. The highest BCUT2D eigenvalue weighted by Gasteiger charge is 2.38. The molecule has 1 heterocycles. The summed E-state index contributed by atoms with van der Waals surface area (Å²) in [7, 11) is 0. The normalized spacial score (nSPS) is 16.4. The first-order chi connectivity index (χ1) is 11.0. The highest BCUT2D eigenvalue weighted by molar-refractivity contribution is 6.31. The van der Waals surface area contributed by atoms with Gasteiger partial charge < -0.3 is 10.2 Å². The van der Waals surface area contributed by atoms with Crippen LogP contribution in [0.2, 0.25) is 10.0 Å². The van der Waals surface area contributed by atoms with Crippen LogP contribution >= 0.6 is 23.2 Å². The van der Waals surface area contributed by atoms with E-state index in [4.69, 9.17) is 23.2 Å². The number of anilines is 1. The molecule has 0 bridgehead atoms. The van der Waals surface area contributed by atoms with Crippen molar-refractivity contribution in [1.82, 2.24) is 5.32 Å². The van der Waals surface area contributed by atoms with Gasteiger partial charge in [-0.05, 0) is 29.8 Å². The average molecular weight is 349 g/mol. The first kappa shape index (κ1) is 15.8. The van der Waals surface area contributed by atoms with Crippen LogP contribution in [0, 0.1) is 0 Å². The van der Waals surface area contributed by atoms with Crippen LogP contribution in [-0.4, -0.2) is 11.8 Å². The Balaban J connectivity index is 2.00. The summed E-state index contributed by atoms with van der Waals surface area (Å²) in [4.78, 5) is 25.8. The summed E-state index contributed by atoms with van der Waals surface area (Å²) in [6, 6.07) is 11.9. The van der Waals surface area contributed by atoms with Crippen LogP contribution in [0.1, 0.15) is 24.1 Å². The minimum Gasteiger partial charge on any atom is -0.341 e. The lowest BCUT2D eigenvalue weighted by molar-refractivity contribution is -0.126. The third-order valence-electron chi connectivity index (χ3n) is 3.74. The maximum absolute atomic E-state index is 12.7. The number of rotatable bonds is 3. The Morgan fingerprint density at radius 3 is 2.65 bits per heavy atom. The number of carbonyl (C=O) groups is 2. The molecule has 118 valence electrons. The number of nitrogens with zero attached hydrogens (tertiary/aromatic N) is 1. The molecule has 1 N–H and O–H groups in total. The molecule has 0 saturated heterocycles. The molecule has 0 radical (unpaired) electrons. The molecule has 2 aromatic rings. The van der Waals surface area contributed by atoms with E-state index in [9.17, 15) is 9.59 Å². The Bertz CT molecular complexity index is 792. The Kier molecular flexibility index (Phi) is 4.28. The minimum absolute atomic E-state index is 0.197. The van der Waals surface area contributed by atoms with Crippen LogP contribution in [0.5, 0.6) is 0 Å². The first-order valence-corrected chi connectivity index (χ1v) is 7.84. The van der Waals surface area contributed by atoms with Crippen LogP contribution < -0.4 is 10.2 Å². The summed E-state index contributed by atoms with van der Waals surface area (Å²) >= 11 is 12.2. The molecule has 1 aliphatic heterocycles. The molecule has 0 aromatic heterocycles. The van der Waals surface area contributed by atoms with Crippen LogP contribution in [-0.2, 0) is 16.1 Å². The number of halogens is 2. The van der Waals surface area contributed by atoms with Gasteiger partial charge in [-0.3, -0.25) is 9.59 Å². The van der Waals surface area contributed by atoms with Crippen molar-refractivity contribution >= 4 is 40.7 Å². The third-order valence-corrected chi connectivity index (χ3v) is 4.34. The van der Waals surface area contributed by atoms with Crippen molar-refractivity contribution in [1.29, 1.82) is 0 Å². The molecule has 0 fully saturated rings. The zero-order valence-corrected chi connectivity index (χ0v) is 13.9. The summed E-state index contributed by atoms with van der Waals surface area (Å²) in [5, 5.41) is 3.80. The highest BCUT2D eigenvalue weighted by atomic mass is 35.5. The largest absolute Gasteiger partial charge is 0.341 e. The van der Waals surface area contributed by atoms with Gasteiger partial charge in [-0.25, -0.2) is 0 Å². The number of nitrogens with one attached hydrogen (secondary N) is 1. The van der Waals surface area contributed by atoms with E-state index in [2.05, 4.69) is 5.32 Å². The fourth-order valence-electron chi connectivity index (χ4n) is 2.71. The minimum atomic E-state index is -0.719. The van der Waals surface area contributed by atoms with E-state index in [0.717, 1.165) is 11.3 Å². The SMILES string of the molecule is CC(=O)N[C@H]1C(=O)N(Cc2ccccc2Cl)c2ccc(Cl)cc21. The predicted octanol–water partition coefficient (Wildman–Crippen LogP) is 3.72. The molecule has 2 amide bonds. The molecule has 6 heteroatoms. The molecule has 4 nitrogen and oxygen atoms in total. The Labute approximate surface area is 144 Å². The summed E-state index contributed by atoms with van der Waals surface area (Å²) < 4.78 is 0. The van der Waals surface area contributed by atoms with Gasteiger partial charge in [0.05, 0.1) is 6.54 Å². The molecule has 0 spiro atoms. The number of fused-ring (bicyclic) bond motifs is 1. The van der Waals surface area contributed by atoms with Crippen molar-refractivity contribution in [3.05, 3.63) is 63.6 Å². The van der Waals surface area contributed by atoms with E-state index < -0.39 is 6.04 Å². The van der Waals surface area contributed by atoms with Crippen LogP contribution in [0.3, 0.4) is 0 Å². The van der Waals surface area contributed by atoms with E-state index in [-0.39, 0.29) is 11.8 Å². The van der Waals surface area contributed by atoms with Gasteiger partial charge in [0.2, 0.25) is 5.91 Å². The van der Waals surface area contributed by atoms with Crippen molar-refractivity contribution in [2.45, 2.75) is 19.5 Å². The summed E-state index contributed by atoms with van der Waals surface area (Å²) in [6.07, 6.45) is 0. The van der Waals surface area contributed by atoms with Crippen LogP contribution in [0.4, 0.5) is 5.69 Å². The number of benzene rings is 2. The Morgan fingerprint density at radius 2 is 1.96 bits per heavy atom. The van der Waals surface area contributed by atoms with E-state index in [1.54, 1.807) is 29.2 Å². The molecule has 0 saturated carbocycles. The quantitative estimate of drug-likeness (QED) is 0.918. The van der Waals surface area contributed by atoms with Crippen LogP contribution in [0.15, 0.2) is 42.5 Å². The zero-order chi connectivity index (χ0) is 16.6. The number of amides is 2. The molecule has 0 aliphatic carbocycles. The molecule has 1 aliphatic rings. The van der Waals surface area contributed by atoms with Gasteiger partial charge >= 0.3 is 0 Å². The average Bonchev–Trinajstić information content (AvgIpc) is 2.74. The van der Waals surface area contributed by atoms with Gasteiger partial charge in [-0.2, -0.15) is 0 Å². The summed E-state index contributed by atoms with van der Waals surface area (Å²) in [5.41, 5.74) is 2.27. The highest BCUT2D eigenvalue weighted by Crippen LogP contribution is 2.39. The van der Waals surface area contributed by atoms with Crippen molar-refractivity contribution in [2.75, 3.05) is 4.90 Å². The lowest BCUT2D eigenvalue weighted by atomic mass is 10.1.